The van der Waals surface area contributed by atoms with Gasteiger partial charge in [-0.15, -0.1) is 10.2 Å². The van der Waals surface area contributed by atoms with Crippen LogP contribution >= 0.6 is 11.3 Å². The van der Waals surface area contributed by atoms with Crippen LogP contribution in [0.4, 0.5) is 5.13 Å². The average Bonchev–Trinajstić information content (AvgIpc) is 3.37. The molecule has 1 aromatic carbocycles. The fourth-order valence-electron chi connectivity index (χ4n) is 3.62. The first-order chi connectivity index (χ1) is 14.1. The Hall–Kier alpha value is -2.81. The van der Waals surface area contributed by atoms with Crippen molar-refractivity contribution in [2.45, 2.75) is 51.6 Å². The molecule has 2 heterocycles. The molecule has 1 fully saturated rings. The van der Waals surface area contributed by atoms with Gasteiger partial charge in [0, 0.05) is 18.2 Å². The number of carbonyl (C=O) groups excluding carboxylic acids is 1. The van der Waals surface area contributed by atoms with Crippen LogP contribution in [-0.2, 0) is 0 Å². The van der Waals surface area contributed by atoms with Gasteiger partial charge in [0.1, 0.15) is 4.88 Å². The maximum atomic E-state index is 12.7. The maximum Gasteiger partial charge on any atom is 0.263 e. The summed E-state index contributed by atoms with van der Waals surface area (Å²) < 4.78 is 0. The number of rotatable bonds is 6. The molecule has 9 heteroatoms. The number of anilines is 1. The third-order valence-corrected chi connectivity index (χ3v) is 6.26. The van der Waals surface area contributed by atoms with E-state index < -0.39 is 0 Å². The van der Waals surface area contributed by atoms with Gasteiger partial charge in [-0.3, -0.25) is 4.79 Å². The minimum absolute atomic E-state index is 0.0298. The minimum Gasteiger partial charge on any atom is -0.362 e. The van der Waals surface area contributed by atoms with E-state index in [2.05, 4.69) is 31.0 Å². The Bertz CT molecular complexity index is 960. The van der Waals surface area contributed by atoms with Crippen LogP contribution in [0.5, 0.6) is 0 Å². The second-order valence-electron chi connectivity index (χ2n) is 7.24. The van der Waals surface area contributed by atoms with E-state index in [1.165, 1.54) is 11.3 Å². The summed E-state index contributed by atoms with van der Waals surface area (Å²) in [5, 5.41) is 20.2. The highest BCUT2D eigenvalue weighted by Crippen LogP contribution is 2.29. The molecule has 0 unspecified atom stereocenters. The van der Waals surface area contributed by atoms with Crippen molar-refractivity contribution in [3.63, 3.8) is 0 Å². The molecule has 1 aliphatic carbocycles. The van der Waals surface area contributed by atoms with E-state index in [1.54, 1.807) is 4.80 Å². The Labute approximate surface area is 173 Å². The second kappa shape index (κ2) is 8.69. The van der Waals surface area contributed by atoms with E-state index in [4.69, 9.17) is 0 Å². The molecule has 0 bridgehead atoms. The van der Waals surface area contributed by atoms with Gasteiger partial charge in [0.05, 0.1) is 11.7 Å². The van der Waals surface area contributed by atoms with E-state index in [1.807, 2.05) is 44.2 Å². The Morgan fingerprint density at radius 1 is 1.21 bits per heavy atom. The van der Waals surface area contributed by atoms with E-state index in [0.29, 0.717) is 10.7 Å². The lowest BCUT2D eigenvalue weighted by Crippen LogP contribution is -2.38. The first kappa shape index (κ1) is 19.5. The number of amides is 1. The van der Waals surface area contributed by atoms with Gasteiger partial charge < -0.3 is 10.6 Å². The fraction of sp³-hybridized carbons (Fsp3) is 0.450. The van der Waals surface area contributed by atoms with Gasteiger partial charge in [-0.05, 0) is 44.7 Å². The van der Waals surface area contributed by atoms with Crippen molar-refractivity contribution in [2.24, 2.45) is 0 Å². The normalized spacial score (nSPS) is 19.1. The number of thiazole rings is 1. The number of tetrazole rings is 1. The molecule has 4 rings (SSSR count). The number of carbonyl (C=O) groups is 1. The number of aryl methyl sites for hydroxylation is 1. The van der Waals surface area contributed by atoms with Crippen molar-refractivity contribution in [3.05, 3.63) is 40.9 Å². The van der Waals surface area contributed by atoms with Crippen LogP contribution in [0.25, 0.3) is 11.4 Å². The molecule has 1 aliphatic rings. The van der Waals surface area contributed by atoms with Gasteiger partial charge in [-0.1, -0.05) is 41.7 Å². The predicted octanol–water partition coefficient (Wildman–Crippen LogP) is 3.45. The summed E-state index contributed by atoms with van der Waals surface area (Å²) in [4.78, 5) is 19.5. The number of nitrogens with one attached hydrogen (secondary N) is 2. The molecule has 0 radical (unpaired) electrons. The van der Waals surface area contributed by atoms with Crippen LogP contribution < -0.4 is 10.6 Å². The molecular weight excluding hydrogens is 386 g/mol. The standard InChI is InChI=1S/C20H25N7OS/c1-3-21-20-22-13(2)17(29-20)19(28)23-15-9-11-16(12-10-15)27-25-18(24-26-27)14-7-5-4-6-8-14/h4-8,15-16H,3,9-12H2,1-2H3,(H,21,22)(H,23,28). The van der Waals surface area contributed by atoms with Gasteiger partial charge in [0.25, 0.3) is 5.91 Å². The lowest BCUT2D eigenvalue weighted by Gasteiger charge is -2.28. The first-order valence-electron chi connectivity index (χ1n) is 10.0. The van der Waals surface area contributed by atoms with Crippen LogP contribution in [-0.4, -0.2) is 43.7 Å². The van der Waals surface area contributed by atoms with Gasteiger partial charge in [0.2, 0.25) is 5.82 Å². The van der Waals surface area contributed by atoms with E-state index in [0.717, 1.165) is 48.6 Å². The monoisotopic (exact) mass is 411 g/mol. The van der Waals surface area contributed by atoms with Crippen molar-refractivity contribution >= 4 is 22.4 Å². The van der Waals surface area contributed by atoms with Crippen LogP contribution in [0.15, 0.2) is 30.3 Å². The summed E-state index contributed by atoms with van der Waals surface area (Å²) in [6.45, 7) is 4.69. The number of hydrogen-bond donors (Lipinski definition) is 2. The molecular formula is C20H25N7OS. The summed E-state index contributed by atoms with van der Waals surface area (Å²) in [6, 6.07) is 10.3. The van der Waals surface area contributed by atoms with Crippen molar-refractivity contribution in [1.29, 1.82) is 0 Å². The predicted molar refractivity (Wildman–Crippen MR) is 113 cm³/mol. The second-order valence-corrected chi connectivity index (χ2v) is 8.24. The van der Waals surface area contributed by atoms with Crippen LogP contribution in [0.3, 0.4) is 0 Å². The average molecular weight is 412 g/mol. The van der Waals surface area contributed by atoms with Crippen LogP contribution in [0.1, 0.15) is 54.0 Å². The zero-order valence-electron chi connectivity index (χ0n) is 16.6. The van der Waals surface area contributed by atoms with Gasteiger partial charge in [-0.25, -0.2) is 4.98 Å². The minimum atomic E-state index is -0.0298. The highest BCUT2D eigenvalue weighted by atomic mass is 32.1. The van der Waals surface area contributed by atoms with Crippen molar-refractivity contribution < 1.29 is 4.79 Å². The van der Waals surface area contributed by atoms with E-state index in [-0.39, 0.29) is 18.0 Å². The smallest absolute Gasteiger partial charge is 0.263 e. The number of nitrogens with zero attached hydrogens (tertiary/aromatic N) is 5. The molecule has 1 saturated carbocycles. The van der Waals surface area contributed by atoms with Gasteiger partial charge in [-0.2, -0.15) is 4.80 Å². The van der Waals surface area contributed by atoms with Gasteiger partial charge in [0.15, 0.2) is 5.13 Å². The zero-order valence-corrected chi connectivity index (χ0v) is 17.4. The van der Waals surface area contributed by atoms with Crippen molar-refractivity contribution in [1.82, 2.24) is 30.5 Å². The van der Waals surface area contributed by atoms with Crippen molar-refractivity contribution in [3.8, 4) is 11.4 Å². The molecule has 0 atom stereocenters. The number of hydrogen-bond acceptors (Lipinski definition) is 7. The third-order valence-electron chi connectivity index (χ3n) is 5.15. The molecule has 152 valence electrons. The van der Waals surface area contributed by atoms with Crippen LogP contribution in [0, 0.1) is 6.92 Å². The summed E-state index contributed by atoms with van der Waals surface area (Å²) in [5.74, 6) is 0.621. The lowest BCUT2D eigenvalue weighted by molar-refractivity contribution is 0.0924. The maximum absolute atomic E-state index is 12.7. The highest BCUT2D eigenvalue weighted by molar-refractivity contribution is 7.17. The van der Waals surface area contributed by atoms with E-state index >= 15 is 0 Å². The Balaban J connectivity index is 1.33. The molecule has 1 amide bonds. The molecule has 2 aromatic heterocycles. The summed E-state index contributed by atoms with van der Waals surface area (Å²) in [5.41, 5.74) is 1.74. The molecule has 29 heavy (non-hydrogen) atoms. The summed E-state index contributed by atoms with van der Waals surface area (Å²) >= 11 is 1.41. The first-order valence-corrected chi connectivity index (χ1v) is 10.8. The highest BCUT2D eigenvalue weighted by Gasteiger charge is 2.26. The Morgan fingerprint density at radius 2 is 1.97 bits per heavy atom. The van der Waals surface area contributed by atoms with E-state index in [9.17, 15) is 4.79 Å². The van der Waals surface area contributed by atoms with Gasteiger partial charge >= 0.3 is 0 Å². The van der Waals surface area contributed by atoms with Crippen molar-refractivity contribution in [2.75, 3.05) is 11.9 Å². The fourth-order valence-corrected chi connectivity index (χ4v) is 4.56. The Kier molecular flexibility index (Phi) is 5.84. The summed E-state index contributed by atoms with van der Waals surface area (Å²) in [6.07, 6.45) is 3.63. The molecule has 0 spiro atoms. The number of benzene rings is 1. The Morgan fingerprint density at radius 3 is 2.69 bits per heavy atom. The number of aromatic nitrogens is 5. The zero-order chi connectivity index (χ0) is 20.2. The summed E-state index contributed by atoms with van der Waals surface area (Å²) in [7, 11) is 0. The molecule has 8 nitrogen and oxygen atoms in total. The lowest BCUT2D eigenvalue weighted by atomic mass is 9.91. The molecule has 2 N–H and O–H groups in total. The van der Waals surface area contributed by atoms with Crippen LogP contribution in [0.2, 0.25) is 0 Å². The third kappa shape index (κ3) is 4.45. The topological polar surface area (TPSA) is 97.6 Å². The molecule has 0 aliphatic heterocycles. The quantitative estimate of drug-likeness (QED) is 0.645. The SMILES string of the molecule is CCNc1nc(C)c(C(=O)NC2CCC(n3nnc(-c4ccccc4)n3)CC2)s1. The molecule has 0 saturated heterocycles. The largest absolute Gasteiger partial charge is 0.362 e. The molecule has 3 aromatic rings.